The van der Waals surface area contributed by atoms with E-state index in [4.69, 9.17) is 4.74 Å². The molecule has 0 bridgehead atoms. The van der Waals surface area contributed by atoms with Gasteiger partial charge in [0.1, 0.15) is 6.61 Å². The van der Waals surface area contributed by atoms with Crippen LogP contribution in [0.15, 0.2) is 84.1 Å². The number of pyridine rings is 1. The molecular weight excluding hydrogens is 368 g/mol. The summed E-state index contributed by atoms with van der Waals surface area (Å²) in [5.41, 5.74) is 3.50. The number of anilines is 1. The Morgan fingerprint density at radius 2 is 1.83 bits per heavy atom. The molecule has 0 fully saturated rings. The number of rotatable bonds is 4. The molecule has 2 amide bonds. The summed E-state index contributed by atoms with van der Waals surface area (Å²) in [6, 6.07) is 20.3. The van der Waals surface area contributed by atoms with Gasteiger partial charge in [0, 0.05) is 23.5 Å². The molecule has 0 radical (unpaired) electrons. The molecule has 2 aromatic carbocycles. The van der Waals surface area contributed by atoms with Crippen LogP contribution in [0.25, 0.3) is 0 Å². The van der Waals surface area contributed by atoms with Crippen LogP contribution >= 0.6 is 0 Å². The third-order valence-electron chi connectivity index (χ3n) is 4.35. The standard InChI is InChI=1S/C22H18N4O3/c27-21-20(26-22(28)29-14-15-7-2-1-3-8-15)25-19(16-9-6-12-23-13-16)17-10-4-5-11-18(17)24-21/h1-13,20H,14H2,(H,24,27)(H,26,28). The molecule has 4 rings (SSSR count). The van der Waals surface area contributed by atoms with Gasteiger partial charge in [-0.2, -0.15) is 0 Å². The second-order valence-corrected chi connectivity index (χ2v) is 6.36. The van der Waals surface area contributed by atoms with Crippen LogP contribution in [-0.2, 0) is 16.1 Å². The third-order valence-corrected chi connectivity index (χ3v) is 4.35. The summed E-state index contributed by atoms with van der Waals surface area (Å²) in [7, 11) is 0. The van der Waals surface area contributed by atoms with Crippen molar-refractivity contribution < 1.29 is 14.3 Å². The van der Waals surface area contributed by atoms with Gasteiger partial charge < -0.3 is 10.1 Å². The fourth-order valence-electron chi connectivity index (χ4n) is 2.96. The van der Waals surface area contributed by atoms with Gasteiger partial charge in [-0.05, 0) is 23.8 Å². The lowest BCUT2D eigenvalue weighted by molar-refractivity contribution is -0.117. The number of benzene rings is 2. The fraction of sp³-hybridized carbons (Fsp3) is 0.0909. The first-order chi connectivity index (χ1) is 14.2. The Kier molecular flexibility index (Phi) is 5.29. The van der Waals surface area contributed by atoms with Gasteiger partial charge >= 0.3 is 6.09 Å². The summed E-state index contributed by atoms with van der Waals surface area (Å²) in [6.45, 7) is 0.0976. The predicted octanol–water partition coefficient (Wildman–Crippen LogP) is 3.12. The molecule has 0 aliphatic carbocycles. The minimum absolute atomic E-state index is 0.0976. The summed E-state index contributed by atoms with van der Waals surface area (Å²) >= 11 is 0. The van der Waals surface area contributed by atoms with Crippen molar-refractivity contribution in [2.45, 2.75) is 12.8 Å². The lowest BCUT2D eigenvalue weighted by Crippen LogP contribution is -2.42. The van der Waals surface area contributed by atoms with Crippen molar-refractivity contribution in [2.24, 2.45) is 4.99 Å². The van der Waals surface area contributed by atoms with Crippen molar-refractivity contribution in [3.05, 3.63) is 95.8 Å². The fourth-order valence-corrected chi connectivity index (χ4v) is 2.96. The second-order valence-electron chi connectivity index (χ2n) is 6.36. The monoisotopic (exact) mass is 386 g/mol. The average Bonchev–Trinajstić information content (AvgIpc) is 2.90. The molecule has 2 heterocycles. The third kappa shape index (κ3) is 4.30. The predicted molar refractivity (Wildman–Crippen MR) is 108 cm³/mol. The number of aromatic nitrogens is 1. The molecule has 29 heavy (non-hydrogen) atoms. The number of alkyl carbamates (subject to hydrolysis) is 1. The zero-order chi connectivity index (χ0) is 20.1. The van der Waals surface area contributed by atoms with E-state index >= 15 is 0 Å². The van der Waals surface area contributed by atoms with Crippen LogP contribution in [0.2, 0.25) is 0 Å². The van der Waals surface area contributed by atoms with E-state index in [1.807, 2.05) is 54.6 Å². The van der Waals surface area contributed by atoms with Crippen molar-refractivity contribution in [1.29, 1.82) is 0 Å². The van der Waals surface area contributed by atoms with E-state index in [-0.39, 0.29) is 6.61 Å². The number of carbonyl (C=O) groups is 2. The highest BCUT2D eigenvalue weighted by Gasteiger charge is 2.27. The molecule has 0 spiro atoms. The average molecular weight is 386 g/mol. The molecule has 0 saturated heterocycles. The number of ether oxygens (including phenoxy) is 1. The highest BCUT2D eigenvalue weighted by molar-refractivity contribution is 6.19. The van der Waals surface area contributed by atoms with Crippen molar-refractivity contribution in [2.75, 3.05) is 5.32 Å². The van der Waals surface area contributed by atoms with Crippen molar-refractivity contribution >= 4 is 23.4 Å². The van der Waals surface area contributed by atoms with E-state index in [9.17, 15) is 9.59 Å². The van der Waals surface area contributed by atoms with E-state index in [2.05, 4.69) is 20.6 Å². The van der Waals surface area contributed by atoms with Crippen molar-refractivity contribution in [3.8, 4) is 0 Å². The summed E-state index contributed by atoms with van der Waals surface area (Å²) in [5.74, 6) is -0.451. The van der Waals surface area contributed by atoms with Crippen LogP contribution in [0.3, 0.4) is 0 Å². The van der Waals surface area contributed by atoms with Crippen LogP contribution in [0.5, 0.6) is 0 Å². The minimum atomic E-state index is -1.14. The number of para-hydroxylation sites is 1. The lowest BCUT2D eigenvalue weighted by atomic mass is 10.0. The van der Waals surface area contributed by atoms with E-state index in [1.54, 1.807) is 24.5 Å². The Hall–Kier alpha value is -4.00. The van der Waals surface area contributed by atoms with Gasteiger partial charge in [-0.25, -0.2) is 9.79 Å². The van der Waals surface area contributed by atoms with E-state index < -0.39 is 18.2 Å². The second kappa shape index (κ2) is 8.35. The largest absolute Gasteiger partial charge is 0.445 e. The first-order valence-electron chi connectivity index (χ1n) is 9.06. The maximum Gasteiger partial charge on any atom is 0.409 e. The van der Waals surface area contributed by atoms with Crippen LogP contribution < -0.4 is 10.6 Å². The smallest absolute Gasteiger partial charge is 0.409 e. The van der Waals surface area contributed by atoms with Gasteiger partial charge in [0.15, 0.2) is 0 Å². The first kappa shape index (κ1) is 18.4. The number of hydrogen-bond donors (Lipinski definition) is 2. The SMILES string of the molecule is O=C(NC1N=C(c2cccnc2)c2ccccc2NC1=O)OCc1ccccc1. The Labute approximate surface area is 167 Å². The molecule has 1 aliphatic heterocycles. The number of nitrogens with one attached hydrogen (secondary N) is 2. The highest BCUT2D eigenvalue weighted by Crippen LogP contribution is 2.23. The minimum Gasteiger partial charge on any atom is -0.445 e. The van der Waals surface area contributed by atoms with Gasteiger partial charge in [0.25, 0.3) is 5.91 Å². The normalized spacial score (nSPS) is 15.4. The molecule has 1 aliphatic rings. The lowest BCUT2D eigenvalue weighted by Gasteiger charge is -2.13. The number of hydrogen-bond acceptors (Lipinski definition) is 5. The first-order valence-corrected chi connectivity index (χ1v) is 9.06. The zero-order valence-corrected chi connectivity index (χ0v) is 15.4. The van der Waals surface area contributed by atoms with Crippen LogP contribution in [0, 0.1) is 0 Å². The molecule has 0 saturated carbocycles. The van der Waals surface area contributed by atoms with Gasteiger partial charge in [-0.1, -0.05) is 48.5 Å². The van der Waals surface area contributed by atoms with Gasteiger partial charge in [0.2, 0.25) is 6.17 Å². The summed E-state index contributed by atoms with van der Waals surface area (Å²) in [4.78, 5) is 33.6. The number of carbonyl (C=O) groups excluding carboxylic acids is 2. The summed E-state index contributed by atoms with van der Waals surface area (Å²) < 4.78 is 5.23. The van der Waals surface area contributed by atoms with Crippen LogP contribution in [0.4, 0.5) is 10.5 Å². The molecule has 7 heteroatoms. The number of aliphatic imine (C=N–C) groups is 1. The summed E-state index contributed by atoms with van der Waals surface area (Å²) in [5, 5.41) is 5.34. The number of benzodiazepines with no additional fused rings is 1. The van der Waals surface area contributed by atoms with E-state index in [1.165, 1.54) is 0 Å². The molecule has 7 nitrogen and oxygen atoms in total. The molecular formula is C22H18N4O3. The molecule has 3 aromatic rings. The Balaban J connectivity index is 1.58. The Morgan fingerprint density at radius 1 is 1.03 bits per heavy atom. The Bertz CT molecular complexity index is 1050. The molecule has 1 aromatic heterocycles. The number of nitrogens with zero attached hydrogens (tertiary/aromatic N) is 2. The van der Waals surface area contributed by atoms with E-state index in [0.717, 1.165) is 16.7 Å². The Morgan fingerprint density at radius 3 is 2.62 bits per heavy atom. The van der Waals surface area contributed by atoms with E-state index in [0.29, 0.717) is 11.4 Å². The topological polar surface area (TPSA) is 92.7 Å². The quantitative estimate of drug-likeness (QED) is 0.721. The molecule has 1 atom stereocenters. The van der Waals surface area contributed by atoms with Gasteiger partial charge in [0.05, 0.1) is 11.4 Å². The van der Waals surface area contributed by atoms with Crippen molar-refractivity contribution in [3.63, 3.8) is 0 Å². The molecule has 144 valence electrons. The van der Waals surface area contributed by atoms with Gasteiger partial charge in [-0.3, -0.25) is 15.1 Å². The molecule has 1 unspecified atom stereocenters. The maximum atomic E-state index is 12.7. The maximum absolute atomic E-state index is 12.7. The number of fused-ring (bicyclic) bond motifs is 1. The zero-order valence-electron chi connectivity index (χ0n) is 15.4. The van der Waals surface area contributed by atoms with Crippen LogP contribution in [0.1, 0.15) is 16.7 Å². The molecule has 2 N–H and O–H groups in total. The van der Waals surface area contributed by atoms with Gasteiger partial charge in [-0.15, -0.1) is 0 Å². The van der Waals surface area contributed by atoms with Crippen LogP contribution in [-0.4, -0.2) is 28.9 Å². The number of amides is 2. The summed E-state index contributed by atoms with van der Waals surface area (Å²) in [6.07, 6.45) is 1.46. The van der Waals surface area contributed by atoms with Crippen molar-refractivity contribution in [1.82, 2.24) is 10.3 Å². The highest BCUT2D eigenvalue weighted by atomic mass is 16.5.